The summed E-state index contributed by atoms with van der Waals surface area (Å²) in [6.07, 6.45) is -1.46. The summed E-state index contributed by atoms with van der Waals surface area (Å²) in [4.78, 5) is 11.7. The molecular formula is C13H20F3N5. The Bertz CT molecular complexity index is 452. The molecule has 1 aliphatic heterocycles. The van der Waals surface area contributed by atoms with E-state index in [2.05, 4.69) is 14.9 Å². The van der Waals surface area contributed by atoms with Gasteiger partial charge in [-0.05, 0) is 38.5 Å². The molecule has 1 fully saturated rings. The molecule has 8 heteroatoms. The fourth-order valence-corrected chi connectivity index (χ4v) is 2.37. The van der Waals surface area contributed by atoms with E-state index in [0.717, 1.165) is 38.5 Å². The van der Waals surface area contributed by atoms with Crippen LogP contribution in [-0.4, -0.2) is 54.1 Å². The summed E-state index contributed by atoms with van der Waals surface area (Å²) in [5.41, 5.74) is 4.60. The van der Waals surface area contributed by atoms with Gasteiger partial charge in [0.05, 0.1) is 0 Å². The molecule has 0 unspecified atom stereocenters. The fourth-order valence-electron chi connectivity index (χ4n) is 2.37. The van der Waals surface area contributed by atoms with Gasteiger partial charge in [-0.3, -0.25) is 0 Å². The highest BCUT2D eigenvalue weighted by atomic mass is 19.4. The second-order valence-corrected chi connectivity index (χ2v) is 5.06. The second kappa shape index (κ2) is 7.04. The smallest absolute Gasteiger partial charge is 0.339 e. The minimum absolute atomic E-state index is 0.158. The van der Waals surface area contributed by atoms with Gasteiger partial charge in [-0.25, -0.2) is 9.97 Å². The van der Waals surface area contributed by atoms with Crippen LogP contribution in [0.15, 0.2) is 12.3 Å². The van der Waals surface area contributed by atoms with Crippen molar-refractivity contribution in [2.24, 2.45) is 5.73 Å². The summed E-state index contributed by atoms with van der Waals surface area (Å²) in [6.45, 7) is 4.59. The summed E-state index contributed by atoms with van der Waals surface area (Å²) in [6, 6.07) is 0.898. The molecule has 0 saturated carbocycles. The summed E-state index contributed by atoms with van der Waals surface area (Å²) >= 11 is 0. The first kappa shape index (κ1) is 16.0. The van der Waals surface area contributed by atoms with Gasteiger partial charge in [0.2, 0.25) is 5.95 Å². The largest absolute Gasteiger partial charge is 0.433 e. The van der Waals surface area contributed by atoms with Crippen LogP contribution in [0.4, 0.5) is 19.1 Å². The van der Waals surface area contributed by atoms with Gasteiger partial charge in [0.25, 0.3) is 0 Å². The highest BCUT2D eigenvalue weighted by Crippen LogP contribution is 2.28. The first-order valence-electron chi connectivity index (χ1n) is 7.08. The molecule has 0 bridgehead atoms. The minimum Gasteiger partial charge on any atom is -0.339 e. The average Bonchev–Trinajstić information content (AvgIpc) is 2.70. The lowest BCUT2D eigenvalue weighted by Gasteiger charge is -2.22. The van der Waals surface area contributed by atoms with E-state index in [1.54, 1.807) is 0 Å². The van der Waals surface area contributed by atoms with E-state index in [1.807, 2.05) is 4.90 Å². The molecule has 1 aliphatic rings. The predicted octanol–water partition coefficient (Wildman–Crippen LogP) is 1.36. The monoisotopic (exact) mass is 303 g/mol. The molecule has 5 nitrogen and oxygen atoms in total. The number of hydrogen-bond acceptors (Lipinski definition) is 5. The maximum atomic E-state index is 12.7. The molecule has 1 aromatic rings. The van der Waals surface area contributed by atoms with Gasteiger partial charge in [-0.2, -0.15) is 13.2 Å². The lowest BCUT2D eigenvalue weighted by Crippen LogP contribution is -2.33. The van der Waals surface area contributed by atoms with Crippen LogP contribution in [0.5, 0.6) is 0 Å². The number of aromatic nitrogens is 2. The van der Waals surface area contributed by atoms with Crippen LogP contribution in [0.25, 0.3) is 0 Å². The van der Waals surface area contributed by atoms with Gasteiger partial charge in [0.1, 0.15) is 5.69 Å². The van der Waals surface area contributed by atoms with E-state index < -0.39 is 11.9 Å². The molecule has 2 N–H and O–H groups in total. The average molecular weight is 303 g/mol. The number of halogens is 3. The highest BCUT2D eigenvalue weighted by Gasteiger charge is 2.33. The van der Waals surface area contributed by atoms with E-state index >= 15 is 0 Å². The third kappa shape index (κ3) is 4.53. The van der Waals surface area contributed by atoms with Crippen molar-refractivity contribution in [1.82, 2.24) is 14.9 Å². The second-order valence-electron chi connectivity index (χ2n) is 5.06. The summed E-state index contributed by atoms with van der Waals surface area (Å²) in [7, 11) is 0. The number of nitrogens with two attached hydrogens (primary N) is 1. The third-order valence-electron chi connectivity index (χ3n) is 3.48. The fraction of sp³-hybridized carbons (Fsp3) is 0.692. The van der Waals surface area contributed by atoms with Crippen molar-refractivity contribution in [1.29, 1.82) is 0 Å². The van der Waals surface area contributed by atoms with Crippen LogP contribution >= 0.6 is 0 Å². The van der Waals surface area contributed by atoms with Gasteiger partial charge in [0, 0.05) is 25.8 Å². The number of rotatable bonds is 4. The first-order chi connectivity index (χ1) is 10.0. The lowest BCUT2D eigenvalue weighted by molar-refractivity contribution is -0.141. The van der Waals surface area contributed by atoms with Crippen LogP contribution in [0.1, 0.15) is 18.5 Å². The number of anilines is 1. The SMILES string of the molecule is NCCCN1CCCN(c2nccc(C(F)(F)F)n2)CC1. The Hall–Kier alpha value is -1.41. The highest BCUT2D eigenvalue weighted by molar-refractivity contribution is 5.31. The van der Waals surface area contributed by atoms with E-state index in [0.29, 0.717) is 19.6 Å². The zero-order valence-electron chi connectivity index (χ0n) is 11.8. The molecule has 0 atom stereocenters. The van der Waals surface area contributed by atoms with Crippen LogP contribution in [0.3, 0.4) is 0 Å². The van der Waals surface area contributed by atoms with Gasteiger partial charge in [-0.15, -0.1) is 0 Å². The number of alkyl halides is 3. The van der Waals surface area contributed by atoms with E-state index in [9.17, 15) is 13.2 Å². The Labute approximate surface area is 122 Å². The molecule has 0 aromatic carbocycles. The lowest BCUT2D eigenvalue weighted by atomic mass is 10.3. The molecule has 0 amide bonds. The van der Waals surface area contributed by atoms with Crippen molar-refractivity contribution < 1.29 is 13.2 Å². The Morgan fingerprint density at radius 3 is 2.71 bits per heavy atom. The Morgan fingerprint density at radius 2 is 2.00 bits per heavy atom. The molecule has 0 spiro atoms. The standard InChI is InChI=1S/C13H20F3N5/c14-13(15,16)11-3-5-18-12(19-11)21-8-2-7-20(9-10-21)6-1-4-17/h3,5H,1-2,4,6-10,17H2. The number of nitrogens with zero attached hydrogens (tertiary/aromatic N) is 4. The van der Waals surface area contributed by atoms with Gasteiger partial charge in [-0.1, -0.05) is 0 Å². The molecule has 0 radical (unpaired) electrons. The molecule has 1 saturated heterocycles. The van der Waals surface area contributed by atoms with Crippen LogP contribution in [0.2, 0.25) is 0 Å². The zero-order valence-corrected chi connectivity index (χ0v) is 11.8. The van der Waals surface area contributed by atoms with E-state index in [4.69, 9.17) is 5.73 Å². The van der Waals surface area contributed by atoms with Crippen LogP contribution in [0, 0.1) is 0 Å². The van der Waals surface area contributed by atoms with Crippen molar-refractivity contribution in [2.75, 3.05) is 44.2 Å². The van der Waals surface area contributed by atoms with Crippen LogP contribution < -0.4 is 10.6 Å². The van der Waals surface area contributed by atoms with E-state index in [1.165, 1.54) is 6.20 Å². The molecular weight excluding hydrogens is 283 g/mol. The Kier molecular flexibility index (Phi) is 5.35. The van der Waals surface area contributed by atoms with Crippen LogP contribution in [-0.2, 0) is 6.18 Å². The molecule has 21 heavy (non-hydrogen) atoms. The summed E-state index contributed by atoms with van der Waals surface area (Å²) in [5.74, 6) is 0.158. The first-order valence-corrected chi connectivity index (χ1v) is 7.08. The van der Waals surface area contributed by atoms with Gasteiger partial charge < -0.3 is 15.5 Å². The van der Waals surface area contributed by atoms with Crippen molar-refractivity contribution in [3.63, 3.8) is 0 Å². The van der Waals surface area contributed by atoms with Gasteiger partial charge >= 0.3 is 6.18 Å². The van der Waals surface area contributed by atoms with Gasteiger partial charge in [0.15, 0.2) is 0 Å². The minimum atomic E-state index is -4.43. The molecule has 118 valence electrons. The van der Waals surface area contributed by atoms with Crippen molar-refractivity contribution in [2.45, 2.75) is 19.0 Å². The number of hydrogen-bond donors (Lipinski definition) is 1. The van der Waals surface area contributed by atoms with Crippen molar-refractivity contribution in [3.8, 4) is 0 Å². The van der Waals surface area contributed by atoms with E-state index in [-0.39, 0.29) is 5.95 Å². The predicted molar refractivity (Wildman–Crippen MR) is 74.0 cm³/mol. The van der Waals surface area contributed by atoms with Crippen molar-refractivity contribution in [3.05, 3.63) is 18.0 Å². The molecule has 1 aromatic heterocycles. The zero-order chi connectivity index (χ0) is 15.3. The normalized spacial score (nSPS) is 17.8. The summed E-state index contributed by atoms with van der Waals surface area (Å²) < 4.78 is 38.1. The van der Waals surface area contributed by atoms with Crippen molar-refractivity contribution >= 4 is 5.95 Å². The molecule has 2 rings (SSSR count). The third-order valence-corrected chi connectivity index (χ3v) is 3.48. The molecule has 2 heterocycles. The Morgan fingerprint density at radius 1 is 1.19 bits per heavy atom. The Balaban J connectivity index is 2.02. The summed E-state index contributed by atoms with van der Waals surface area (Å²) in [5, 5.41) is 0. The maximum Gasteiger partial charge on any atom is 0.433 e. The molecule has 0 aliphatic carbocycles. The quantitative estimate of drug-likeness (QED) is 0.910. The topological polar surface area (TPSA) is 58.3 Å². The maximum absolute atomic E-state index is 12.7.